The Morgan fingerprint density at radius 1 is 1.00 bits per heavy atom. The minimum absolute atomic E-state index is 0.0791. The van der Waals surface area contributed by atoms with Crippen LogP contribution < -0.4 is 0 Å². The fraction of sp³-hybridized carbons (Fsp3) is 0.765. The first-order chi connectivity index (χ1) is 22.0. The van der Waals surface area contributed by atoms with Crippen LogP contribution in [0.5, 0.6) is 0 Å². The van der Waals surface area contributed by atoms with Gasteiger partial charge in [0.1, 0.15) is 23.9 Å². The first kappa shape index (κ1) is 32.4. The van der Waals surface area contributed by atoms with Gasteiger partial charge < -0.3 is 43.7 Å². The van der Waals surface area contributed by atoms with E-state index in [2.05, 4.69) is 4.90 Å². The third-order valence-corrected chi connectivity index (χ3v) is 13.2. The van der Waals surface area contributed by atoms with Crippen LogP contribution in [0.1, 0.15) is 37.0 Å². The van der Waals surface area contributed by atoms with Gasteiger partial charge in [-0.3, -0.25) is 9.69 Å². The van der Waals surface area contributed by atoms with Gasteiger partial charge in [-0.1, -0.05) is 25.1 Å². The van der Waals surface area contributed by atoms with Crippen molar-refractivity contribution in [3.8, 4) is 0 Å². The smallest absolute Gasteiger partial charge is 0.338 e. The molecule has 1 spiro atoms. The lowest BCUT2D eigenvalue weighted by atomic mass is 9.42. The number of aliphatic hydroxyl groups excluding tert-OH is 2. The third kappa shape index (κ3) is 3.62. The molecule has 12 nitrogen and oxygen atoms in total. The van der Waals surface area contributed by atoms with Crippen molar-refractivity contribution in [1.82, 2.24) is 4.90 Å². The maximum atomic E-state index is 13.8. The van der Waals surface area contributed by atoms with E-state index in [9.17, 15) is 24.9 Å². The van der Waals surface area contributed by atoms with E-state index >= 15 is 0 Å². The molecule has 15 atom stereocenters. The van der Waals surface area contributed by atoms with Crippen LogP contribution in [0.25, 0.3) is 0 Å². The largest absolute Gasteiger partial charge is 0.455 e. The maximum absolute atomic E-state index is 13.8. The summed E-state index contributed by atoms with van der Waals surface area (Å²) in [4.78, 5) is 29.3. The highest BCUT2D eigenvalue weighted by atomic mass is 16.6. The summed E-state index contributed by atoms with van der Waals surface area (Å²) in [7, 11) is 6.27. The molecular formula is C34H47NO11. The van der Waals surface area contributed by atoms with Crippen molar-refractivity contribution in [1.29, 1.82) is 0 Å². The summed E-state index contributed by atoms with van der Waals surface area (Å²) < 4.78 is 37.4. The zero-order chi connectivity index (χ0) is 33.0. The predicted molar refractivity (Wildman–Crippen MR) is 160 cm³/mol. The first-order valence-corrected chi connectivity index (χ1v) is 16.3. The van der Waals surface area contributed by atoms with Crippen LogP contribution >= 0.6 is 0 Å². The number of ether oxygens (including phenoxy) is 6. The fourth-order valence-corrected chi connectivity index (χ4v) is 12.3. The second kappa shape index (κ2) is 10.9. The highest BCUT2D eigenvalue weighted by Crippen LogP contribution is 2.80. The lowest BCUT2D eigenvalue weighted by Crippen LogP contribution is -2.81. The van der Waals surface area contributed by atoms with E-state index < -0.39 is 88.3 Å². The van der Waals surface area contributed by atoms with E-state index in [-0.39, 0.29) is 25.0 Å². The number of carbonyl (C=O) groups is 2. The van der Waals surface area contributed by atoms with Crippen LogP contribution in [0.4, 0.5) is 0 Å². The van der Waals surface area contributed by atoms with Gasteiger partial charge in [0.2, 0.25) is 0 Å². The predicted octanol–water partition coefficient (Wildman–Crippen LogP) is 0.648. The van der Waals surface area contributed by atoms with Gasteiger partial charge in [0, 0.05) is 83.0 Å². The summed E-state index contributed by atoms with van der Waals surface area (Å²) >= 11 is 0. The van der Waals surface area contributed by atoms with Crippen molar-refractivity contribution in [2.75, 3.05) is 48.1 Å². The van der Waals surface area contributed by atoms with Crippen molar-refractivity contribution in [3.05, 3.63) is 35.9 Å². The second-order valence-corrected chi connectivity index (χ2v) is 14.4. The van der Waals surface area contributed by atoms with Gasteiger partial charge in [-0.25, -0.2) is 4.79 Å². The van der Waals surface area contributed by atoms with Crippen LogP contribution in [0.3, 0.4) is 0 Å². The quantitative estimate of drug-likeness (QED) is 0.323. The highest BCUT2D eigenvalue weighted by molar-refractivity contribution is 5.89. The number of esters is 2. The van der Waals surface area contributed by atoms with E-state index in [1.165, 1.54) is 14.0 Å². The average Bonchev–Trinajstić information content (AvgIpc) is 3.41. The molecule has 6 aliphatic rings. The summed E-state index contributed by atoms with van der Waals surface area (Å²) in [5.41, 5.74) is -4.79. The van der Waals surface area contributed by atoms with E-state index in [0.29, 0.717) is 25.1 Å². The molecule has 1 heterocycles. The zero-order valence-electron chi connectivity index (χ0n) is 27.3. The number of hydrogen-bond donors (Lipinski definition) is 3. The van der Waals surface area contributed by atoms with Gasteiger partial charge in [0.25, 0.3) is 0 Å². The number of aliphatic hydroxyl groups is 3. The topological polar surface area (TPSA) is 153 Å². The summed E-state index contributed by atoms with van der Waals surface area (Å²) in [6.07, 6.45) is -5.49. The van der Waals surface area contributed by atoms with Crippen molar-refractivity contribution in [3.63, 3.8) is 0 Å². The number of carbonyl (C=O) groups excluding carboxylic acids is 2. The number of hydrogen-bond acceptors (Lipinski definition) is 12. The van der Waals surface area contributed by atoms with Crippen molar-refractivity contribution >= 4 is 11.9 Å². The monoisotopic (exact) mass is 645 g/mol. The van der Waals surface area contributed by atoms with Crippen molar-refractivity contribution < 1.29 is 53.3 Å². The molecule has 5 aliphatic carbocycles. The van der Waals surface area contributed by atoms with E-state index in [4.69, 9.17) is 28.4 Å². The minimum atomic E-state index is -1.83. The highest BCUT2D eigenvalue weighted by Gasteiger charge is 2.92. The first-order valence-electron chi connectivity index (χ1n) is 16.3. The Bertz CT molecular complexity index is 1360. The molecule has 1 aromatic rings. The van der Waals surface area contributed by atoms with Gasteiger partial charge in [-0.2, -0.15) is 0 Å². The number of fused-ring (bicyclic) bond motifs is 2. The van der Waals surface area contributed by atoms with Crippen LogP contribution in [-0.4, -0.2) is 134 Å². The molecular weight excluding hydrogens is 598 g/mol. The molecule has 7 rings (SSSR count). The summed E-state index contributed by atoms with van der Waals surface area (Å²) in [6.45, 7) is 4.68. The average molecular weight is 646 g/mol. The zero-order valence-corrected chi connectivity index (χ0v) is 27.3. The molecule has 5 saturated carbocycles. The van der Waals surface area contributed by atoms with Crippen LogP contribution in [-0.2, 0) is 33.2 Å². The Labute approximate surface area is 269 Å². The molecule has 0 aromatic heterocycles. The normalized spacial score (nSPS) is 49.9. The Morgan fingerprint density at radius 3 is 2.30 bits per heavy atom. The second-order valence-electron chi connectivity index (χ2n) is 14.4. The standard InChI is InChI=1S/C34H47NO11/c1-7-35-15-31(16-41-3)20(37)13-21(42-4)33-19-14-32(40)28(45-30(39)18-11-9-8-10-12-18)22(19)34(46-17(2)36,27(38)29(32)44-6)23(26(33)35)24(43-5)25(31)33/h8-12,19-29,37-38,40H,7,13-16H2,1-6H3/t19-,20-,21+,22-,23+,24+,25-,26-,27+,28-,29+,31+,32-,33+,34-/m1/s1. The molecule has 12 heteroatoms. The van der Waals surface area contributed by atoms with Gasteiger partial charge in [0.05, 0.1) is 30.5 Å². The number of piperidine rings is 1. The van der Waals surface area contributed by atoms with Gasteiger partial charge in [-0.05, 0) is 31.0 Å². The summed E-state index contributed by atoms with van der Waals surface area (Å²) in [5.74, 6) is -3.65. The molecule has 0 unspecified atom stereocenters. The third-order valence-electron chi connectivity index (χ3n) is 13.2. The van der Waals surface area contributed by atoms with E-state index in [1.807, 2.05) is 6.92 Å². The summed E-state index contributed by atoms with van der Waals surface area (Å²) in [6, 6.07) is 8.18. The molecule has 7 bridgehead atoms. The Kier molecular flexibility index (Phi) is 7.69. The lowest BCUT2D eigenvalue weighted by molar-refractivity contribution is -0.322. The SMILES string of the molecule is CCN1C[C@]2(COC)[C@H](O)C[C@H](OC)[C@@]34[C@@H]5C[C@@]6(O)[C@H](OC(=O)c7ccccc7)[C@@H]5[C@@](OC(C)=O)([C@@H]([C@H](OC)[C@H]23)[C@@H]14)[C@@H](O)[C@@H]6OC. The number of likely N-dealkylation sites (tertiary alicyclic amines) is 1. The Morgan fingerprint density at radius 2 is 1.72 bits per heavy atom. The molecule has 1 aromatic carbocycles. The Balaban J connectivity index is 1.53. The van der Waals surface area contributed by atoms with Gasteiger partial charge in [0.15, 0.2) is 5.60 Å². The number of benzene rings is 1. The fourth-order valence-electron chi connectivity index (χ4n) is 12.3. The molecule has 254 valence electrons. The van der Waals surface area contributed by atoms with Gasteiger partial charge >= 0.3 is 11.9 Å². The molecule has 3 N–H and O–H groups in total. The molecule has 46 heavy (non-hydrogen) atoms. The molecule has 1 aliphatic heterocycles. The Hall–Kier alpha value is -2.16. The number of rotatable bonds is 9. The number of methoxy groups -OCH3 is 4. The summed E-state index contributed by atoms with van der Waals surface area (Å²) in [5, 5.41) is 37.3. The number of nitrogens with zero attached hydrogens (tertiary/aromatic N) is 1. The molecule has 0 radical (unpaired) electrons. The van der Waals surface area contributed by atoms with Crippen LogP contribution in [0.15, 0.2) is 30.3 Å². The maximum Gasteiger partial charge on any atom is 0.338 e. The van der Waals surface area contributed by atoms with Crippen LogP contribution in [0.2, 0.25) is 0 Å². The lowest BCUT2D eigenvalue weighted by Gasteiger charge is -2.70. The minimum Gasteiger partial charge on any atom is -0.455 e. The van der Waals surface area contributed by atoms with Crippen molar-refractivity contribution in [2.24, 2.45) is 34.5 Å². The van der Waals surface area contributed by atoms with Crippen LogP contribution in [0, 0.1) is 34.5 Å². The molecule has 6 fully saturated rings. The van der Waals surface area contributed by atoms with Gasteiger partial charge in [-0.15, -0.1) is 0 Å². The molecule has 1 saturated heterocycles. The van der Waals surface area contributed by atoms with Crippen molar-refractivity contribution in [2.45, 2.75) is 80.6 Å². The van der Waals surface area contributed by atoms with E-state index in [1.54, 1.807) is 51.7 Å². The van der Waals surface area contributed by atoms with E-state index in [0.717, 1.165) is 0 Å². The molecule has 0 amide bonds.